The number of hydrogen-bond acceptors (Lipinski definition) is 4. The molecule has 10 aromatic rings. The minimum atomic E-state index is 0.660. The van der Waals surface area contributed by atoms with Crippen LogP contribution in [0.2, 0.25) is 0 Å². The first-order chi connectivity index (χ1) is 25.3. The lowest BCUT2D eigenvalue weighted by Crippen LogP contribution is -2.00. The lowest BCUT2D eigenvalue weighted by Gasteiger charge is -2.13. The molecule has 0 aliphatic heterocycles. The van der Waals surface area contributed by atoms with E-state index in [-0.39, 0.29) is 0 Å². The second kappa shape index (κ2) is 12.1. The summed E-state index contributed by atoms with van der Waals surface area (Å²) in [7, 11) is 0. The van der Waals surface area contributed by atoms with Crippen molar-refractivity contribution in [3.05, 3.63) is 176 Å². The van der Waals surface area contributed by atoms with Gasteiger partial charge in [-0.15, -0.1) is 11.3 Å². The van der Waals surface area contributed by atoms with Crippen LogP contribution in [0.1, 0.15) is 0 Å². The van der Waals surface area contributed by atoms with Gasteiger partial charge in [0.15, 0.2) is 17.5 Å². The molecule has 0 saturated carbocycles. The second-order valence-electron chi connectivity index (χ2n) is 12.7. The van der Waals surface area contributed by atoms with E-state index in [1.54, 1.807) is 0 Å². The molecule has 0 radical (unpaired) electrons. The number of rotatable bonds is 5. The predicted molar refractivity (Wildman–Crippen MR) is 215 cm³/mol. The summed E-state index contributed by atoms with van der Waals surface area (Å²) in [4.78, 5) is 15.3. The normalized spacial score (nSPS) is 11.5. The summed E-state index contributed by atoms with van der Waals surface area (Å²) in [5, 5.41) is 7.35. The number of nitrogens with zero attached hydrogens (tertiary/aromatic N) is 3. The molecule has 0 fully saturated rings. The summed E-state index contributed by atoms with van der Waals surface area (Å²) in [6.45, 7) is 0. The molecular formula is C47H29N3S. The average molecular weight is 668 g/mol. The highest BCUT2D eigenvalue weighted by Crippen LogP contribution is 2.48. The molecule has 2 aromatic heterocycles. The molecule has 0 atom stereocenters. The van der Waals surface area contributed by atoms with Crippen LogP contribution in [0.25, 0.3) is 98.1 Å². The van der Waals surface area contributed by atoms with E-state index in [0.717, 1.165) is 22.1 Å². The van der Waals surface area contributed by atoms with Crippen molar-refractivity contribution in [1.29, 1.82) is 0 Å². The molecule has 0 N–H and O–H groups in total. The number of thiophene rings is 1. The Labute approximate surface area is 299 Å². The molecule has 0 unspecified atom stereocenters. The first kappa shape index (κ1) is 29.4. The summed E-state index contributed by atoms with van der Waals surface area (Å²) in [5.41, 5.74) is 7.84. The monoisotopic (exact) mass is 667 g/mol. The zero-order chi connectivity index (χ0) is 33.7. The summed E-state index contributed by atoms with van der Waals surface area (Å²) in [6.07, 6.45) is 0. The van der Waals surface area contributed by atoms with Crippen molar-refractivity contribution >= 4 is 53.1 Å². The fourth-order valence-electron chi connectivity index (χ4n) is 7.36. The van der Waals surface area contributed by atoms with Crippen LogP contribution in [0.4, 0.5) is 0 Å². The van der Waals surface area contributed by atoms with Crippen LogP contribution in [-0.2, 0) is 0 Å². The van der Waals surface area contributed by atoms with Gasteiger partial charge >= 0.3 is 0 Å². The average Bonchev–Trinajstić information content (AvgIpc) is 3.61. The largest absolute Gasteiger partial charge is 0.208 e. The highest BCUT2D eigenvalue weighted by atomic mass is 32.1. The van der Waals surface area contributed by atoms with Gasteiger partial charge in [-0.05, 0) is 44.3 Å². The van der Waals surface area contributed by atoms with Gasteiger partial charge in [0, 0.05) is 42.4 Å². The van der Waals surface area contributed by atoms with Crippen molar-refractivity contribution in [3.63, 3.8) is 0 Å². The molecule has 8 aromatic carbocycles. The zero-order valence-electron chi connectivity index (χ0n) is 27.5. The van der Waals surface area contributed by atoms with Crippen molar-refractivity contribution in [2.75, 3.05) is 0 Å². The Morgan fingerprint density at radius 2 is 0.824 bits per heavy atom. The van der Waals surface area contributed by atoms with E-state index < -0.39 is 0 Å². The third-order valence-corrected chi connectivity index (χ3v) is 11.0. The predicted octanol–water partition coefficient (Wildman–Crippen LogP) is 12.9. The standard InChI is InChI=1S/C47H29N3S/c1-4-15-30(16-5-1)34-27-28-38(37-24-13-12-23-36(34)37)39-25-14-26-40-42-35-22-11-10-21-33(35)29-41(44(42)51-43(39)40)47-49-45(31-17-6-2-7-18-31)48-46(50-47)32-19-8-3-9-20-32/h1-29H. The number of aromatic nitrogens is 3. The lowest BCUT2D eigenvalue weighted by atomic mass is 9.91. The number of benzene rings is 8. The molecule has 3 nitrogen and oxygen atoms in total. The third-order valence-electron chi connectivity index (χ3n) is 9.73. The van der Waals surface area contributed by atoms with Crippen LogP contribution in [0, 0.1) is 0 Å². The maximum atomic E-state index is 5.17. The van der Waals surface area contributed by atoms with Gasteiger partial charge < -0.3 is 0 Å². The molecule has 0 amide bonds. The Hall–Kier alpha value is -6.49. The number of fused-ring (bicyclic) bond motifs is 6. The Morgan fingerprint density at radius 3 is 1.49 bits per heavy atom. The summed E-state index contributed by atoms with van der Waals surface area (Å²) in [5.74, 6) is 1.99. The van der Waals surface area contributed by atoms with Crippen LogP contribution < -0.4 is 0 Å². The van der Waals surface area contributed by atoms with E-state index >= 15 is 0 Å². The highest BCUT2D eigenvalue weighted by molar-refractivity contribution is 7.27. The van der Waals surface area contributed by atoms with E-state index in [9.17, 15) is 0 Å². The van der Waals surface area contributed by atoms with Gasteiger partial charge in [0.2, 0.25) is 0 Å². The van der Waals surface area contributed by atoms with Gasteiger partial charge in [0.05, 0.1) is 0 Å². The fourth-order valence-corrected chi connectivity index (χ4v) is 8.71. The van der Waals surface area contributed by atoms with Crippen LogP contribution in [0.3, 0.4) is 0 Å². The molecule has 4 heteroatoms. The Kier molecular flexibility index (Phi) is 7.00. The molecule has 51 heavy (non-hydrogen) atoms. The second-order valence-corrected chi connectivity index (χ2v) is 13.8. The van der Waals surface area contributed by atoms with Crippen molar-refractivity contribution in [2.45, 2.75) is 0 Å². The van der Waals surface area contributed by atoms with Gasteiger partial charge in [-0.2, -0.15) is 0 Å². The van der Waals surface area contributed by atoms with Gasteiger partial charge in [0.25, 0.3) is 0 Å². The van der Waals surface area contributed by atoms with Crippen LogP contribution in [0.5, 0.6) is 0 Å². The molecule has 0 aliphatic carbocycles. The fraction of sp³-hybridized carbons (Fsp3) is 0. The molecule has 10 rings (SSSR count). The molecule has 0 aliphatic rings. The first-order valence-corrected chi connectivity index (χ1v) is 17.9. The first-order valence-electron chi connectivity index (χ1n) is 17.1. The van der Waals surface area contributed by atoms with Crippen LogP contribution in [-0.4, -0.2) is 15.0 Å². The van der Waals surface area contributed by atoms with Gasteiger partial charge in [-0.25, -0.2) is 15.0 Å². The van der Waals surface area contributed by atoms with Gasteiger partial charge in [-0.1, -0.05) is 170 Å². The van der Waals surface area contributed by atoms with Crippen LogP contribution >= 0.6 is 11.3 Å². The van der Waals surface area contributed by atoms with Crippen molar-refractivity contribution in [1.82, 2.24) is 15.0 Å². The molecule has 238 valence electrons. The van der Waals surface area contributed by atoms with Gasteiger partial charge in [-0.3, -0.25) is 0 Å². The zero-order valence-corrected chi connectivity index (χ0v) is 28.3. The summed E-state index contributed by atoms with van der Waals surface area (Å²) in [6, 6.07) is 62.1. The van der Waals surface area contributed by atoms with Crippen molar-refractivity contribution in [3.8, 4) is 56.4 Å². The molecule has 2 heterocycles. The minimum absolute atomic E-state index is 0.660. The highest BCUT2D eigenvalue weighted by Gasteiger charge is 2.21. The molecule has 0 bridgehead atoms. The maximum absolute atomic E-state index is 5.17. The van der Waals surface area contributed by atoms with E-state index in [1.165, 1.54) is 58.6 Å². The van der Waals surface area contributed by atoms with E-state index in [2.05, 4.69) is 140 Å². The Morgan fingerprint density at radius 1 is 0.314 bits per heavy atom. The Balaban J connectivity index is 1.26. The minimum Gasteiger partial charge on any atom is -0.208 e. The Bertz CT molecular complexity index is 2840. The number of hydrogen-bond donors (Lipinski definition) is 0. The summed E-state index contributed by atoms with van der Waals surface area (Å²) >= 11 is 1.83. The van der Waals surface area contributed by atoms with Gasteiger partial charge in [0.1, 0.15) is 0 Å². The smallest absolute Gasteiger partial charge is 0.165 e. The topological polar surface area (TPSA) is 38.7 Å². The quantitative estimate of drug-likeness (QED) is 0.183. The van der Waals surface area contributed by atoms with E-state index in [4.69, 9.17) is 15.0 Å². The SMILES string of the molecule is c1ccc(-c2nc(-c3ccccc3)nc(-c3cc4ccccc4c4c3sc3c(-c5ccc(-c6ccccc6)c6ccccc56)cccc34)n2)cc1. The summed E-state index contributed by atoms with van der Waals surface area (Å²) < 4.78 is 2.42. The lowest BCUT2D eigenvalue weighted by molar-refractivity contribution is 1.08. The van der Waals surface area contributed by atoms with Crippen molar-refractivity contribution in [2.24, 2.45) is 0 Å². The van der Waals surface area contributed by atoms with E-state index in [0.29, 0.717) is 17.5 Å². The molecular weight excluding hydrogens is 639 g/mol. The van der Waals surface area contributed by atoms with E-state index in [1.807, 2.05) is 47.7 Å². The molecule has 0 saturated heterocycles. The van der Waals surface area contributed by atoms with Crippen molar-refractivity contribution < 1.29 is 0 Å². The molecule has 0 spiro atoms. The van der Waals surface area contributed by atoms with Crippen LogP contribution in [0.15, 0.2) is 176 Å². The maximum Gasteiger partial charge on any atom is 0.165 e. The third kappa shape index (κ3) is 5.00.